The second-order valence-corrected chi connectivity index (χ2v) is 5.50. The third-order valence-corrected chi connectivity index (χ3v) is 4.32. The first-order valence-corrected chi connectivity index (χ1v) is 7.56. The second kappa shape index (κ2) is 8.93. The van der Waals surface area contributed by atoms with Gasteiger partial charge in [0.1, 0.15) is 0 Å². The fourth-order valence-electron chi connectivity index (χ4n) is 3.04. The van der Waals surface area contributed by atoms with E-state index >= 15 is 0 Å². The predicted molar refractivity (Wildman–Crippen MR) is 74.3 cm³/mol. The molecule has 102 valence electrons. The van der Waals surface area contributed by atoms with Gasteiger partial charge in [-0.05, 0) is 44.6 Å². The van der Waals surface area contributed by atoms with Crippen molar-refractivity contribution in [1.82, 2.24) is 5.32 Å². The summed E-state index contributed by atoms with van der Waals surface area (Å²) < 4.78 is 5.45. The maximum absolute atomic E-state index is 5.45. The Morgan fingerprint density at radius 2 is 1.94 bits per heavy atom. The topological polar surface area (TPSA) is 21.3 Å². The first-order valence-electron chi connectivity index (χ1n) is 7.56. The van der Waals surface area contributed by atoms with Crippen molar-refractivity contribution in [2.45, 2.75) is 64.8 Å². The van der Waals surface area contributed by atoms with Crippen molar-refractivity contribution in [2.75, 3.05) is 20.3 Å². The van der Waals surface area contributed by atoms with Gasteiger partial charge in [-0.15, -0.1) is 0 Å². The lowest BCUT2D eigenvalue weighted by Crippen LogP contribution is -2.36. The summed E-state index contributed by atoms with van der Waals surface area (Å²) in [7, 11) is 2.14. The van der Waals surface area contributed by atoms with Crippen molar-refractivity contribution in [3.8, 4) is 0 Å². The van der Waals surface area contributed by atoms with Gasteiger partial charge in [-0.3, -0.25) is 0 Å². The lowest BCUT2D eigenvalue weighted by Gasteiger charge is -2.31. The van der Waals surface area contributed by atoms with Crippen molar-refractivity contribution >= 4 is 0 Å². The first-order chi connectivity index (χ1) is 8.31. The van der Waals surface area contributed by atoms with Crippen LogP contribution in [0, 0.1) is 11.8 Å². The summed E-state index contributed by atoms with van der Waals surface area (Å²) in [6.45, 7) is 6.59. The Hall–Kier alpha value is -0.0800. The molecular formula is C15H31NO. The molecule has 0 bridgehead atoms. The molecule has 2 unspecified atom stereocenters. The van der Waals surface area contributed by atoms with Gasteiger partial charge in [0.05, 0.1) is 0 Å². The Balaban J connectivity index is 2.37. The zero-order chi connectivity index (χ0) is 12.5. The minimum Gasteiger partial charge on any atom is -0.381 e. The highest BCUT2D eigenvalue weighted by atomic mass is 16.5. The van der Waals surface area contributed by atoms with Crippen LogP contribution in [0.25, 0.3) is 0 Å². The van der Waals surface area contributed by atoms with E-state index in [1.54, 1.807) is 0 Å². The molecule has 1 saturated heterocycles. The van der Waals surface area contributed by atoms with Gasteiger partial charge >= 0.3 is 0 Å². The number of ether oxygens (including phenoxy) is 1. The number of unbranched alkanes of at least 4 members (excludes halogenated alkanes) is 1. The molecule has 17 heavy (non-hydrogen) atoms. The third kappa shape index (κ3) is 5.39. The summed E-state index contributed by atoms with van der Waals surface area (Å²) in [4.78, 5) is 0. The van der Waals surface area contributed by atoms with E-state index in [9.17, 15) is 0 Å². The van der Waals surface area contributed by atoms with Crippen LogP contribution in [0.3, 0.4) is 0 Å². The van der Waals surface area contributed by atoms with E-state index in [0.29, 0.717) is 0 Å². The molecule has 0 aliphatic carbocycles. The molecule has 0 amide bonds. The molecule has 2 heteroatoms. The SMILES string of the molecule is CCCCC(CC)C(CC1CCOCC1)NC. The van der Waals surface area contributed by atoms with E-state index in [1.165, 1.54) is 44.9 Å². The molecule has 1 heterocycles. The average Bonchev–Trinajstić information content (AvgIpc) is 2.39. The fourth-order valence-corrected chi connectivity index (χ4v) is 3.04. The Labute approximate surface area is 108 Å². The van der Waals surface area contributed by atoms with Crippen molar-refractivity contribution < 1.29 is 4.74 Å². The quantitative estimate of drug-likeness (QED) is 0.701. The van der Waals surface area contributed by atoms with Crippen molar-refractivity contribution in [3.05, 3.63) is 0 Å². The summed E-state index contributed by atoms with van der Waals surface area (Å²) in [6.07, 6.45) is 9.29. The fraction of sp³-hybridized carbons (Fsp3) is 1.00. The normalized spacial score (nSPS) is 21.4. The highest BCUT2D eigenvalue weighted by molar-refractivity contribution is 4.78. The molecule has 0 aromatic carbocycles. The first kappa shape index (κ1) is 15.0. The Morgan fingerprint density at radius 1 is 1.24 bits per heavy atom. The molecule has 0 spiro atoms. The van der Waals surface area contributed by atoms with Crippen LogP contribution >= 0.6 is 0 Å². The van der Waals surface area contributed by atoms with Crippen LogP contribution in [0.5, 0.6) is 0 Å². The molecule has 1 rings (SSSR count). The molecular weight excluding hydrogens is 210 g/mol. The standard InChI is InChI=1S/C15H31NO/c1-4-6-7-14(5-2)15(16-3)12-13-8-10-17-11-9-13/h13-16H,4-12H2,1-3H3. The summed E-state index contributed by atoms with van der Waals surface area (Å²) >= 11 is 0. The highest BCUT2D eigenvalue weighted by Gasteiger charge is 2.23. The van der Waals surface area contributed by atoms with Gasteiger partial charge in [-0.25, -0.2) is 0 Å². The van der Waals surface area contributed by atoms with Gasteiger partial charge in [0.25, 0.3) is 0 Å². The molecule has 1 aliphatic rings. The molecule has 0 aromatic heterocycles. The second-order valence-electron chi connectivity index (χ2n) is 5.50. The molecule has 0 radical (unpaired) electrons. The van der Waals surface area contributed by atoms with Crippen LogP contribution in [0.1, 0.15) is 58.8 Å². The molecule has 1 fully saturated rings. The van der Waals surface area contributed by atoms with Crippen molar-refractivity contribution in [1.29, 1.82) is 0 Å². The number of hydrogen-bond acceptors (Lipinski definition) is 2. The Bertz CT molecular complexity index is 178. The smallest absolute Gasteiger partial charge is 0.0468 e. The minimum absolute atomic E-state index is 0.717. The van der Waals surface area contributed by atoms with Gasteiger partial charge in [-0.1, -0.05) is 33.1 Å². The molecule has 2 nitrogen and oxygen atoms in total. The lowest BCUT2D eigenvalue weighted by molar-refractivity contribution is 0.0577. The van der Waals surface area contributed by atoms with Crippen LogP contribution in [-0.4, -0.2) is 26.3 Å². The molecule has 0 aromatic rings. The molecule has 2 atom stereocenters. The van der Waals surface area contributed by atoms with Crippen LogP contribution in [0.15, 0.2) is 0 Å². The van der Waals surface area contributed by atoms with Crippen LogP contribution in [0.2, 0.25) is 0 Å². The maximum atomic E-state index is 5.45. The van der Waals surface area contributed by atoms with Crippen LogP contribution in [0.4, 0.5) is 0 Å². The highest BCUT2D eigenvalue weighted by Crippen LogP contribution is 2.26. The van der Waals surface area contributed by atoms with E-state index in [-0.39, 0.29) is 0 Å². The van der Waals surface area contributed by atoms with Gasteiger partial charge in [0, 0.05) is 19.3 Å². The minimum atomic E-state index is 0.717. The predicted octanol–water partition coefficient (Wildman–Crippen LogP) is 3.61. The zero-order valence-electron chi connectivity index (χ0n) is 12.0. The molecule has 1 aliphatic heterocycles. The van der Waals surface area contributed by atoms with Crippen LogP contribution < -0.4 is 5.32 Å². The third-order valence-electron chi connectivity index (χ3n) is 4.32. The molecule has 0 saturated carbocycles. The van der Waals surface area contributed by atoms with E-state index in [0.717, 1.165) is 31.1 Å². The van der Waals surface area contributed by atoms with Crippen molar-refractivity contribution in [3.63, 3.8) is 0 Å². The van der Waals surface area contributed by atoms with Gasteiger partial charge < -0.3 is 10.1 Å². The van der Waals surface area contributed by atoms with Crippen molar-refractivity contribution in [2.24, 2.45) is 11.8 Å². The van der Waals surface area contributed by atoms with Gasteiger partial charge in [0.15, 0.2) is 0 Å². The largest absolute Gasteiger partial charge is 0.381 e. The summed E-state index contributed by atoms with van der Waals surface area (Å²) in [6, 6.07) is 0.717. The zero-order valence-corrected chi connectivity index (χ0v) is 12.0. The Kier molecular flexibility index (Phi) is 7.87. The lowest BCUT2D eigenvalue weighted by atomic mass is 9.83. The number of rotatable bonds is 8. The number of hydrogen-bond donors (Lipinski definition) is 1. The summed E-state index contributed by atoms with van der Waals surface area (Å²) in [5, 5.41) is 3.57. The van der Waals surface area contributed by atoms with Gasteiger partial charge in [-0.2, -0.15) is 0 Å². The average molecular weight is 241 g/mol. The Morgan fingerprint density at radius 3 is 2.47 bits per heavy atom. The van der Waals surface area contributed by atoms with Crippen LogP contribution in [-0.2, 0) is 4.74 Å². The summed E-state index contributed by atoms with van der Waals surface area (Å²) in [5.41, 5.74) is 0. The van der Waals surface area contributed by atoms with E-state index in [1.807, 2.05) is 0 Å². The number of nitrogens with one attached hydrogen (secondary N) is 1. The monoisotopic (exact) mass is 241 g/mol. The van der Waals surface area contributed by atoms with Gasteiger partial charge in [0.2, 0.25) is 0 Å². The van der Waals surface area contributed by atoms with E-state index < -0.39 is 0 Å². The molecule has 1 N–H and O–H groups in total. The van der Waals surface area contributed by atoms with E-state index in [2.05, 4.69) is 26.2 Å². The maximum Gasteiger partial charge on any atom is 0.0468 e. The van der Waals surface area contributed by atoms with E-state index in [4.69, 9.17) is 4.74 Å². The summed E-state index contributed by atoms with van der Waals surface area (Å²) in [5.74, 6) is 1.75.